The second kappa shape index (κ2) is 12.7. The molecule has 0 aliphatic carbocycles. The quantitative estimate of drug-likeness (QED) is 0.272. The molecule has 4 aromatic rings. The predicted octanol–water partition coefficient (Wildman–Crippen LogP) is 4.80. The van der Waals surface area contributed by atoms with Crippen LogP contribution in [0.25, 0.3) is 0 Å². The summed E-state index contributed by atoms with van der Waals surface area (Å²) < 4.78 is 44.0. The Balaban J connectivity index is 1.19. The first-order chi connectivity index (χ1) is 19.7. The number of hydrogen-bond donors (Lipinski definition) is 1. The third kappa shape index (κ3) is 7.34. The number of likely N-dealkylation sites (N-methyl/N-ethyl adjacent to an activating group) is 1. The summed E-state index contributed by atoms with van der Waals surface area (Å²) in [5, 5.41) is 15.7. The first-order valence-corrected chi connectivity index (χ1v) is 14.2. The Bertz CT molecular complexity index is 1450. The second-order valence-electron chi connectivity index (χ2n) is 10.6. The number of aliphatic hydroxyl groups is 1. The van der Waals surface area contributed by atoms with E-state index in [0.29, 0.717) is 6.54 Å². The predicted molar refractivity (Wildman–Crippen MR) is 155 cm³/mol. The van der Waals surface area contributed by atoms with Gasteiger partial charge in [0.15, 0.2) is 0 Å². The molecule has 1 aromatic heterocycles. The smallest absolute Gasteiger partial charge is 0.137 e. The van der Waals surface area contributed by atoms with Crippen LogP contribution in [0.5, 0.6) is 0 Å². The number of halogens is 4. The molecule has 216 valence electrons. The lowest BCUT2D eigenvalue weighted by molar-refractivity contribution is -0.0175. The molecule has 0 saturated carbocycles. The Labute approximate surface area is 246 Å². The van der Waals surface area contributed by atoms with Gasteiger partial charge in [-0.1, -0.05) is 40.2 Å². The van der Waals surface area contributed by atoms with Crippen molar-refractivity contribution in [1.82, 2.24) is 24.6 Å². The monoisotopic (exact) mass is 628 g/mol. The zero-order chi connectivity index (χ0) is 29.0. The molecule has 7 nitrogen and oxygen atoms in total. The van der Waals surface area contributed by atoms with Gasteiger partial charge in [0.2, 0.25) is 0 Å². The molecule has 2 heterocycles. The Morgan fingerprint density at radius 3 is 2.32 bits per heavy atom. The largest absolute Gasteiger partial charge is 0.382 e. The summed E-state index contributed by atoms with van der Waals surface area (Å²) in [5.74, 6) is -1.76. The van der Waals surface area contributed by atoms with Crippen LogP contribution in [0.2, 0.25) is 0 Å². The lowest BCUT2D eigenvalue weighted by Crippen LogP contribution is -2.46. The fraction of sp³-hybridized carbons (Fsp3) is 0.333. The van der Waals surface area contributed by atoms with Crippen molar-refractivity contribution in [3.8, 4) is 0 Å². The number of aromatic nitrogens is 3. The molecule has 1 unspecified atom stereocenters. The zero-order valence-electron chi connectivity index (χ0n) is 22.7. The highest BCUT2D eigenvalue weighted by atomic mass is 79.9. The van der Waals surface area contributed by atoms with Crippen molar-refractivity contribution in [2.45, 2.75) is 25.2 Å². The van der Waals surface area contributed by atoms with Gasteiger partial charge in [-0.2, -0.15) is 5.10 Å². The van der Waals surface area contributed by atoms with Crippen molar-refractivity contribution in [3.63, 3.8) is 0 Å². The molecule has 1 N–H and O–H groups in total. The Morgan fingerprint density at radius 2 is 1.66 bits per heavy atom. The fourth-order valence-electron chi connectivity index (χ4n) is 5.35. The summed E-state index contributed by atoms with van der Waals surface area (Å²) in [7, 11) is 1.85. The third-order valence-electron chi connectivity index (χ3n) is 7.39. The topological polar surface area (TPSA) is 60.7 Å². The molecule has 1 aliphatic rings. The van der Waals surface area contributed by atoms with Gasteiger partial charge >= 0.3 is 0 Å². The van der Waals surface area contributed by atoms with Gasteiger partial charge in [-0.25, -0.2) is 22.8 Å². The molecule has 0 amide bonds. The van der Waals surface area contributed by atoms with E-state index in [4.69, 9.17) is 0 Å². The number of hydrogen-bond acceptors (Lipinski definition) is 6. The third-order valence-corrected chi connectivity index (χ3v) is 8.13. The molecule has 0 radical (unpaired) electrons. The highest BCUT2D eigenvalue weighted by molar-refractivity contribution is 9.10. The maximum atomic E-state index is 14.8. The summed E-state index contributed by atoms with van der Waals surface area (Å²) in [6.45, 7) is 4.91. The zero-order valence-corrected chi connectivity index (χ0v) is 24.3. The Hall–Kier alpha value is -3.25. The highest BCUT2D eigenvalue weighted by Gasteiger charge is 2.35. The Kier molecular flexibility index (Phi) is 9.08. The van der Waals surface area contributed by atoms with E-state index in [1.165, 1.54) is 35.5 Å². The van der Waals surface area contributed by atoms with Crippen molar-refractivity contribution in [2.75, 3.05) is 44.7 Å². The average Bonchev–Trinajstić information content (AvgIpc) is 3.43. The minimum Gasteiger partial charge on any atom is -0.382 e. The van der Waals surface area contributed by atoms with Crippen LogP contribution in [0.1, 0.15) is 16.7 Å². The van der Waals surface area contributed by atoms with Gasteiger partial charge < -0.3 is 10.0 Å². The molecule has 0 bridgehead atoms. The van der Waals surface area contributed by atoms with E-state index in [2.05, 4.69) is 60.1 Å². The normalized spacial score (nSPS) is 15.8. The van der Waals surface area contributed by atoms with E-state index >= 15 is 0 Å². The lowest BCUT2D eigenvalue weighted by atomic mass is 9.92. The van der Waals surface area contributed by atoms with Crippen LogP contribution in [0, 0.1) is 17.5 Å². The van der Waals surface area contributed by atoms with Gasteiger partial charge in [-0.3, -0.25) is 9.80 Å². The molecule has 1 saturated heterocycles. The molecular formula is C30H32BrF3N6O. The van der Waals surface area contributed by atoms with Crippen LogP contribution in [0.15, 0.2) is 77.8 Å². The van der Waals surface area contributed by atoms with E-state index in [9.17, 15) is 18.3 Å². The standard InChI is InChI=1S/C30H32BrF3N6O/c1-37(18-30(41,19-40-21-35-20-36-40)27-9-6-25(33)15-29(27)34)16-22-2-7-26(8-3-22)39-12-10-38(11-13-39)17-23-4-5-24(32)14-28(23)31/h2-9,14-15,20-21,41H,10-13,16-19H2,1H3. The highest BCUT2D eigenvalue weighted by Crippen LogP contribution is 2.28. The molecule has 5 rings (SSSR count). The SMILES string of the molecule is CN(Cc1ccc(N2CCN(Cc3ccc(F)cc3Br)CC2)cc1)CC(O)(Cn1cncn1)c1ccc(F)cc1F. The summed E-state index contributed by atoms with van der Waals surface area (Å²) in [6.07, 6.45) is 2.80. The summed E-state index contributed by atoms with van der Waals surface area (Å²) in [6, 6.07) is 16.3. The van der Waals surface area contributed by atoms with Gasteiger partial charge in [-0.05, 0) is 48.5 Å². The number of rotatable bonds is 10. The maximum absolute atomic E-state index is 14.8. The molecule has 11 heteroatoms. The van der Waals surface area contributed by atoms with Crippen LogP contribution >= 0.6 is 15.9 Å². The maximum Gasteiger partial charge on any atom is 0.137 e. The Morgan fingerprint density at radius 1 is 0.951 bits per heavy atom. The molecule has 1 fully saturated rings. The van der Waals surface area contributed by atoms with Crippen molar-refractivity contribution < 1.29 is 18.3 Å². The van der Waals surface area contributed by atoms with Crippen LogP contribution < -0.4 is 4.90 Å². The molecular weight excluding hydrogens is 597 g/mol. The minimum absolute atomic E-state index is 0.00234. The van der Waals surface area contributed by atoms with Crippen LogP contribution in [-0.2, 0) is 25.2 Å². The van der Waals surface area contributed by atoms with Gasteiger partial charge in [-0.15, -0.1) is 0 Å². The van der Waals surface area contributed by atoms with Gasteiger partial charge in [0.25, 0.3) is 0 Å². The summed E-state index contributed by atoms with van der Waals surface area (Å²) in [4.78, 5) is 10.5. The molecule has 0 spiro atoms. The number of benzene rings is 3. The van der Waals surface area contributed by atoms with Crippen LogP contribution in [0.3, 0.4) is 0 Å². The summed E-state index contributed by atoms with van der Waals surface area (Å²) >= 11 is 3.46. The van der Waals surface area contributed by atoms with Crippen molar-refractivity contribution >= 4 is 21.6 Å². The minimum atomic E-state index is -1.66. The summed E-state index contributed by atoms with van der Waals surface area (Å²) in [5.41, 5.74) is 1.59. The van der Waals surface area contributed by atoms with Gasteiger partial charge in [0, 0.05) is 67.6 Å². The number of anilines is 1. The number of nitrogens with zero attached hydrogens (tertiary/aromatic N) is 6. The first-order valence-electron chi connectivity index (χ1n) is 13.4. The molecule has 1 aliphatic heterocycles. The lowest BCUT2D eigenvalue weighted by Gasteiger charge is -2.36. The van der Waals surface area contributed by atoms with E-state index < -0.39 is 17.2 Å². The van der Waals surface area contributed by atoms with E-state index in [-0.39, 0.29) is 24.5 Å². The van der Waals surface area contributed by atoms with E-state index in [0.717, 1.165) is 66.1 Å². The molecule has 41 heavy (non-hydrogen) atoms. The van der Waals surface area contributed by atoms with Crippen LogP contribution in [0.4, 0.5) is 18.9 Å². The van der Waals surface area contributed by atoms with Crippen LogP contribution in [-0.4, -0.2) is 69.4 Å². The first kappa shape index (κ1) is 29.2. The average molecular weight is 630 g/mol. The molecule has 1 atom stereocenters. The molecule has 3 aromatic carbocycles. The second-order valence-corrected chi connectivity index (χ2v) is 11.4. The number of piperazine rings is 1. The van der Waals surface area contributed by atoms with Gasteiger partial charge in [0.1, 0.15) is 35.7 Å². The van der Waals surface area contributed by atoms with E-state index in [1.807, 2.05) is 18.0 Å². The van der Waals surface area contributed by atoms with Crippen molar-refractivity contribution in [2.24, 2.45) is 0 Å². The fourth-order valence-corrected chi connectivity index (χ4v) is 5.83. The van der Waals surface area contributed by atoms with Gasteiger partial charge in [0.05, 0.1) is 6.54 Å². The van der Waals surface area contributed by atoms with Crippen molar-refractivity contribution in [3.05, 3.63) is 112 Å². The van der Waals surface area contributed by atoms with E-state index in [1.54, 1.807) is 0 Å². The van der Waals surface area contributed by atoms with Crippen molar-refractivity contribution in [1.29, 1.82) is 0 Å².